The van der Waals surface area contributed by atoms with Crippen LogP contribution in [0.25, 0.3) is 10.9 Å². The molecule has 9 nitrogen and oxygen atoms in total. The summed E-state index contributed by atoms with van der Waals surface area (Å²) in [5.74, 6) is 0.278. The fourth-order valence-electron chi connectivity index (χ4n) is 2.57. The first kappa shape index (κ1) is 21.3. The Hall–Kier alpha value is -3.37. The number of carbonyl (C=O) groups is 1. The zero-order chi connectivity index (χ0) is 21.7. The van der Waals surface area contributed by atoms with Gasteiger partial charge in [-0.25, -0.2) is 13.2 Å². The molecule has 0 saturated heterocycles. The molecule has 0 aliphatic rings. The number of hydrogen-bond donors (Lipinski definition) is 2. The molecule has 11 heteroatoms. The van der Waals surface area contributed by atoms with Crippen molar-refractivity contribution in [2.45, 2.75) is 11.5 Å². The number of carbonyl (C=O) groups excluding carboxylic acids is 1. The Kier molecular flexibility index (Phi) is 6.38. The van der Waals surface area contributed by atoms with Gasteiger partial charge in [0.2, 0.25) is 5.96 Å². The molecule has 156 valence electrons. The smallest absolute Gasteiger partial charge is 0.414 e. The number of rotatable bonds is 5. The fourth-order valence-corrected chi connectivity index (χ4v) is 3.45. The van der Waals surface area contributed by atoms with Crippen LogP contribution >= 0.6 is 11.8 Å². The Morgan fingerprint density at radius 3 is 2.77 bits per heavy atom. The van der Waals surface area contributed by atoms with E-state index in [1.165, 1.54) is 12.1 Å². The average Bonchev–Trinajstić information content (AvgIpc) is 2.72. The molecule has 0 radical (unpaired) electrons. The second-order valence-electron chi connectivity index (χ2n) is 6.18. The van der Waals surface area contributed by atoms with Crippen molar-refractivity contribution in [1.29, 1.82) is 0 Å². The monoisotopic (exact) mass is 448 g/mol. The van der Waals surface area contributed by atoms with Crippen LogP contribution in [0.2, 0.25) is 0 Å². The summed E-state index contributed by atoms with van der Waals surface area (Å²) in [6.07, 6.45) is 1.86. The molecule has 1 aromatic heterocycles. The maximum atomic E-state index is 12.3. The number of halogens is 1. The summed E-state index contributed by atoms with van der Waals surface area (Å²) in [6, 6.07) is 13.4. The van der Waals surface area contributed by atoms with E-state index >= 15 is 0 Å². The number of hydrogen-bond acceptors (Lipinski definition) is 7. The third kappa shape index (κ3) is 5.37. The largest absolute Gasteiger partial charge is 0.456 e. The van der Waals surface area contributed by atoms with Crippen LogP contribution in [-0.4, -0.2) is 31.7 Å². The molecule has 3 aromatic rings. The number of benzene rings is 2. The molecule has 2 aromatic carbocycles. The minimum Gasteiger partial charge on any atom is -0.456 e. The van der Waals surface area contributed by atoms with Gasteiger partial charge in [0.25, 0.3) is 0 Å². The Bertz CT molecular complexity index is 1230. The molecule has 30 heavy (non-hydrogen) atoms. The summed E-state index contributed by atoms with van der Waals surface area (Å²) in [6.45, 7) is -0.203. The molecule has 1 heterocycles. The summed E-state index contributed by atoms with van der Waals surface area (Å²) >= 11 is 5.11. The first-order chi connectivity index (χ1) is 14.3. The summed E-state index contributed by atoms with van der Waals surface area (Å²) in [7, 11) is -3.63. The molecule has 0 bridgehead atoms. The third-order valence-corrected chi connectivity index (χ3v) is 5.20. The molecule has 0 aliphatic carbocycles. The highest BCUT2D eigenvalue weighted by atomic mass is 35.5. The van der Waals surface area contributed by atoms with Crippen molar-refractivity contribution >= 4 is 44.6 Å². The van der Waals surface area contributed by atoms with E-state index in [0.717, 1.165) is 17.2 Å². The molecule has 3 rings (SSSR count). The van der Waals surface area contributed by atoms with Crippen molar-refractivity contribution in [3.63, 3.8) is 0 Å². The van der Waals surface area contributed by atoms with E-state index in [0.29, 0.717) is 11.3 Å². The number of nitrogens with zero attached hydrogens (tertiary/aromatic N) is 2. The SMILES string of the molecule is CS(=O)(=O)c1cc(COC(=O)NC(N)=NCl)ccc1Oc1ccc2ncccc2c1. The summed E-state index contributed by atoms with van der Waals surface area (Å²) in [5.41, 5.74) is 6.48. The van der Waals surface area contributed by atoms with E-state index in [9.17, 15) is 13.2 Å². The highest BCUT2D eigenvalue weighted by Gasteiger charge is 2.17. The number of ether oxygens (including phenoxy) is 2. The van der Waals surface area contributed by atoms with Crippen molar-refractivity contribution < 1.29 is 22.7 Å². The van der Waals surface area contributed by atoms with Crippen LogP contribution in [0.3, 0.4) is 0 Å². The lowest BCUT2D eigenvalue weighted by atomic mass is 10.2. The zero-order valence-corrected chi connectivity index (χ0v) is 17.3. The first-order valence-electron chi connectivity index (χ1n) is 8.50. The minimum atomic E-state index is -3.63. The van der Waals surface area contributed by atoms with Gasteiger partial charge >= 0.3 is 6.09 Å². The van der Waals surface area contributed by atoms with Gasteiger partial charge in [-0.3, -0.25) is 10.3 Å². The first-order valence-corrected chi connectivity index (χ1v) is 10.7. The van der Waals surface area contributed by atoms with Gasteiger partial charge < -0.3 is 15.2 Å². The van der Waals surface area contributed by atoms with Gasteiger partial charge in [-0.15, -0.1) is 4.51 Å². The van der Waals surface area contributed by atoms with Crippen LogP contribution in [-0.2, 0) is 21.2 Å². The second kappa shape index (κ2) is 8.97. The standard InChI is InChI=1S/C19H17ClN4O5S/c1-30(26,27)17-9-12(11-28-19(25)23-18(21)24-20)4-7-16(17)29-14-5-6-15-13(10-14)3-2-8-22-15/h2-10H,11H2,1H3,(H3,21,23,24,25). The quantitative estimate of drug-likeness (QED) is 0.452. The van der Waals surface area contributed by atoms with Gasteiger partial charge in [0.15, 0.2) is 9.84 Å². The number of nitrogens with two attached hydrogens (primary N) is 1. The van der Waals surface area contributed by atoms with Gasteiger partial charge in [0, 0.05) is 29.6 Å². The van der Waals surface area contributed by atoms with E-state index in [-0.39, 0.29) is 23.2 Å². The van der Waals surface area contributed by atoms with Gasteiger partial charge in [0.05, 0.1) is 5.52 Å². The van der Waals surface area contributed by atoms with Gasteiger partial charge in [-0.1, -0.05) is 12.1 Å². The minimum absolute atomic E-state index is 0.0443. The molecule has 0 fully saturated rings. The van der Waals surface area contributed by atoms with E-state index in [4.69, 9.17) is 27.0 Å². The molecule has 1 amide bonds. The summed E-state index contributed by atoms with van der Waals surface area (Å²) in [5, 5.41) is 2.94. The van der Waals surface area contributed by atoms with Crippen LogP contribution in [0.15, 0.2) is 64.1 Å². The average molecular weight is 449 g/mol. The van der Waals surface area contributed by atoms with Crippen molar-refractivity contribution in [3.05, 3.63) is 60.3 Å². The summed E-state index contributed by atoms with van der Waals surface area (Å²) < 4.78 is 38.4. The number of aromatic nitrogens is 1. The fraction of sp³-hybridized carbons (Fsp3) is 0.105. The lowest BCUT2D eigenvalue weighted by molar-refractivity contribution is 0.145. The molecule has 0 spiro atoms. The Morgan fingerprint density at radius 1 is 1.23 bits per heavy atom. The predicted molar refractivity (Wildman–Crippen MR) is 112 cm³/mol. The molecular formula is C19H17ClN4O5S. The number of amides is 1. The number of pyridine rings is 1. The van der Waals surface area contributed by atoms with Crippen LogP contribution < -0.4 is 15.8 Å². The molecule has 0 unspecified atom stereocenters. The highest BCUT2D eigenvalue weighted by Crippen LogP contribution is 2.31. The third-order valence-electron chi connectivity index (χ3n) is 3.90. The number of nitrogens with one attached hydrogen (secondary N) is 1. The topological polar surface area (TPSA) is 133 Å². The Morgan fingerprint density at radius 2 is 2.03 bits per heavy atom. The maximum Gasteiger partial charge on any atom is 0.414 e. The van der Waals surface area contributed by atoms with Crippen molar-refractivity contribution in [3.8, 4) is 11.5 Å². The lowest BCUT2D eigenvalue weighted by Gasteiger charge is -2.13. The zero-order valence-electron chi connectivity index (χ0n) is 15.7. The molecule has 0 aliphatic heterocycles. The molecule has 3 N–H and O–H groups in total. The molecular weight excluding hydrogens is 432 g/mol. The van der Waals surface area contributed by atoms with Gasteiger partial charge in [-0.05, 0) is 42.0 Å². The van der Waals surface area contributed by atoms with E-state index in [1.54, 1.807) is 36.5 Å². The second-order valence-corrected chi connectivity index (χ2v) is 8.34. The van der Waals surface area contributed by atoms with Gasteiger partial charge in [0.1, 0.15) is 23.0 Å². The number of sulfone groups is 1. The van der Waals surface area contributed by atoms with Crippen LogP contribution in [0.5, 0.6) is 11.5 Å². The molecule has 0 saturated carbocycles. The number of guanidine groups is 1. The summed E-state index contributed by atoms with van der Waals surface area (Å²) in [4.78, 5) is 15.8. The molecule has 0 atom stereocenters. The predicted octanol–water partition coefficient (Wildman–Crippen LogP) is 3.13. The number of alkyl carbamates (subject to hydrolysis) is 1. The maximum absolute atomic E-state index is 12.3. The van der Waals surface area contributed by atoms with Crippen molar-refractivity contribution in [1.82, 2.24) is 10.3 Å². The van der Waals surface area contributed by atoms with E-state index in [2.05, 4.69) is 14.8 Å². The van der Waals surface area contributed by atoms with Crippen LogP contribution in [0, 0.1) is 0 Å². The van der Waals surface area contributed by atoms with Gasteiger partial charge in [-0.2, -0.15) is 0 Å². The Labute approximate surface area is 177 Å². The van der Waals surface area contributed by atoms with Crippen LogP contribution in [0.4, 0.5) is 4.79 Å². The van der Waals surface area contributed by atoms with Crippen molar-refractivity contribution in [2.75, 3.05) is 6.26 Å². The highest BCUT2D eigenvalue weighted by molar-refractivity contribution is 7.90. The number of fused-ring (bicyclic) bond motifs is 1. The normalized spacial score (nSPS) is 11.9. The van der Waals surface area contributed by atoms with Crippen molar-refractivity contribution in [2.24, 2.45) is 10.2 Å². The lowest BCUT2D eigenvalue weighted by Crippen LogP contribution is -2.36. The van der Waals surface area contributed by atoms with E-state index in [1.807, 2.05) is 6.07 Å². The van der Waals surface area contributed by atoms with Crippen LogP contribution in [0.1, 0.15) is 5.56 Å². The Balaban J connectivity index is 1.83. The van der Waals surface area contributed by atoms with E-state index < -0.39 is 15.9 Å².